The molecule has 9 heteroatoms. The fourth-order valence-corrected chi connectivity index (χ4v) is 4.77. The summed E-state index contributed by atoms with van der Waals surface area (Å²) in [7, 11) is 0. The van der Waals surface area contributed by atoms with E-state index in [1.54, 1.807) is 12.3 Å². The largest absolute Gasteiger partial charge is 0.456 e. The quantitative estimate of drug-likeness (QED) is 0.275. The highest BCUT2D eigenvalue weighted by Crippen LogP contribution is 2.33. The van der Waals surface area contributed by atoms with Crippen molar-refractivity contribution < 1.29 is 19.0 Å². The maximum absolute atomic E-state index is 11.8. The Balaban J connectivity index is 1.42. The molecule has 1 saturated heterocycles. The lowest BCUT2D eigenvalue weighted by atomic mass is 10.0. The third-order valence-electron chi connectivity index (χ3n) is 5.98. The maximum atomic E-state index is 11.8. The number of rotatable bonds is 9. The number of pyridine rings is 1. The molecule has 2 heterocycles. The first kappa shape index (κ1) is 29.2. The molecule has 0 saturated carbocycles. The lowest BCUT2D eigenvalue weighted by Crippen LogP contribution is -2.35. The minimum absolute atomic E-state index is 0.408. The monoisotopic (exact) mass is 571 g/mol. The van der Waals surface area contributed by atoms with Crippen molar-refractivity contribution in [3.8, 4) is 22.6 Å². The third-order valence-corrected chi connectivity index (χ3v) is 6.42. The van der Waals surface area contributed by atoms with Crippen molar-refractivity contribution in [3.05, 3.63) is 76.0 Å². The van der Waals surface area contributed by atoms with Crippen LogP contribution in [0, 0.1) is 0 Å². The molecule has 39 heavy (non-hydrogen) atoms. The second-order valence-corrected chi connectivity index (χ2v) is 11.4. The first-order valence-corrected chi connectivity index (χ1v) is 13.9. The second kappa shape index (κ2) is 13.5. The van der Waals surface area contributed by atoms with Gasteiger partial charge in [-0.05, 0) is 98.8 Å². The van der Waals surface area contributed by atoms with E-state index in [4.69, 9.17) is 37.4 Å². The van der Waals surface area contributed by atoms with Gasteiger partial charge in [0, 0.05) is 41.9 Å². The highest BCUT2D eigenvalue weighted by Gasteiger charge is 2.16. The zero-order chi connectivity index (χ0) is 27.8. The van der Waals surface area contributed by atoms with Crippen molar-refractivity contribution in [1.82, 2.24) is 15.2 Å². The lowest BCUT2D eigenvalue weighted by molar-refractivity contribution is 0.0342. The summed E-state index contributed by atoms with van der Waals surface area (Å²) >= 11 is 12.6. The number of aromatic nitrogens is 1. The molecule has 208 valence electrons. The van der Waals surface area contributed by atoms with Gasteiger partial charge in [0.05, 0.1) is 19.4 Å². The highest BCUT2D eigenvalue weighted by molar-refractivity contribution is 6.35. The Morgan fingerprint density at radius 3 is 2.38 bits per heavy atom. The number of amides is 1. The summed E-state index contributed by atoms with van der Waals surface area (Å²) in [5.41, 5.74) is 3.44. The SMILES string of the molecule is CC(C)(C)OC(=O)NCCCc1ccc(Oc2cc(CN3CCOCC3)cc(-c3cc(Cl)cc(Cl)c3)c2)cn1. The summed E-state index contributed by atoms with van der Waals surface area (Å²) in [5.74, 6) is 1.35. The van der Waals surface area contributed by atoms with Crippen molar-refractivity contribution in [2.75, 3.05) is 32.8 Å². The van der Waals surface area contributed by atoms with Crippen molar-refractivity contribution >= 4 is 29.3 Å². The number of hydrogen-bond donors (Lipinski definition) is 1. The lowest BCUT2D eigenvalue weighted by Gasteiger charge is -2.27. The van der Waals surface area contributed by atoms with Gasteiger partial charge in [-0.1, -0.05) is 23.2 Å². The molecule has 1 aromatic heterocycles. The Bertz CT molecular complexity index is 1240. The molecule has 0 spiro atoms. The van der Waals surface area contributed by atoms with Crippen LogP contribution in [0.5, 0.6) is 11.5 Å². The Labute approximate surface area is 240 Å². The van der Waals surface area contributed by atoms with Gasteiger partial charge < -0.3 is 19.5 Å². The van der Waals surface area contributed by atoms with Crippen molar-refractivity contribution in [2.24, 2.45) is 0 Å². The average Bonchev–Trinajstić information content (AvgIpc) is 2.86. The second-order valence-electron chi connectivity index (χ2n) is 10.5. The molecule has 7 nitrogen and oxygen atoms in total. The van der Waals surface area contributed by atoms with Gasteiger partial charge in [0.15, 0.2) is 0 Å². The van der Waals surface area contributed by atoms with Crippen LogP contribution in [0.4, 0.5) is 4.79 Å². The number of ether oxygens (including phenoxy) is 3. The fourth-order valence-electron chi connectivity index (χ4n) is 4.24. The van der Waals surface area contributed by atoms with Crippen molar-refractivity contribution in [2.45, 2.75) is 45.8 Å². The van der Waals surface area contributed by atoms with Crippen LogP contribution in [0.1, 0.15) is 38.4 Å². The number of alkyl carbamates (subject to hydrolysis) is 1. The van der Waals surface area contributed by atoms with Crippen LogP contribution < -0.4 is 10.1 Å². The Morgan fingerprint density at radius 1 is 1.00 bits per heavy atom. The van der Waals surface area contributed by atoms with E-state index in [0.29, 0.717) is 28.1 Å². The molecular formula is C30H35Cl2N3O4. The number of aryl methyl sites for hydroxylation is 1. The smallest absolute Gasteiger partial charge is 0.407 e. The number of nitrogens with one attached hydrogen (secondary N) is 1. The van der Waals surface area contributed by atoms with E-state index in [1.807, 2.05) is 51.1 Å². The molecule has 2 aromatic carbocycles. The number of hydrogen-bond acceptors (Lipinski definition) is 6. The predicted molar refractivity (Wildman–Crippen MR) is 155 cm³/mol. The van der Waals surface area contributed by atoms with E-state index in [9.17, 15) is 4.79 Å². The van der Waals surface area contributed by atoms with E-state index < -0.39 is 11.7 Å². The molecule has 0 radical (unpaired) electrons. The van der Waals surface area contributed by atoms with Gasteiger partial charge in [0.2, 0.25) is 0 Å². The van der Waals surface area contributed by atoms with Gasteiger partial charge in [0.25, 0.3) is 0 Å². The molecule has 1 aliphatic heterocycles. The van der Waals surface area contributed by atoms with E-state index in [-0.39, 0.29) is 0 Å². The summed E-state index contributed by atoms with van der Waals surface area (Å²) in [6.07, 6.45) is 2.79. The Morgan fingerprint density at radius 2 is 1.72 bits per heavy atom. The summed E-state index contributed by atoms with van der Waals surface area (Å²) in [5, 5.41) is 3.94. The van der Waals surface area contributed by atoms with Crippen LogP contribution in [0.2, 0.25) is 10.0 Å². The number of carbonyl (C=O) groups excluding carboxylic acids is 1. The van der Waals surface area contributed by atoms with Crippen LogP contribution in [-0.4, -0.2) is 54.4 Å². The molecule has 1 N–H and O–H groups in total. The third kappa shape index (κ3) is 9.69. The van der Waals surface area contributed by atoms with Gasteiger partial charge in [-0.15, -0.1) is 0 Å². The first-order valence-electron chi connectivity index (χ1n) is 13.1. The maximum Gasteiger partial charge on any atom is 0.407 e. The standard InChI is InChI=1S/C30H35Cl2N3O4/c1-30(2,3)39-29(36)33-8-4-5-26-6-7-27(19-34-26)38-28-14-21(20-35-9-11-37-12-10-35)13-22(17-28)23-15-24(31)18-25(32)16-23/h6-7,13-19H,4-5,8-12,20H2,1-3H3,(H,33,36). The molecular weight excluding hydrogens is 537 g/mol. The molecule has 1 aliphatic rings. The minimum atomic E-state index is -0.508. The number of halogens is 2. The summed E-state index contributed by atoms with van der Waals surface area (Å²) in [6.45, 7) is 10.1. The van der Waals surface area contributed by atoms with Crippen molar-refractivity contribution in [1.29, 1.82) is 0 Å². The minimum Gasteiger partial charge on any atom is -0.456 e. The molecule has 0 unspecified atom stereocenters. The van der Waals surface area contributed by atoms with Crippen LogP contribution in [0.3, 0.4) is 0 Å². The molecule has 3 aromatic rings. The van der Waals surface area contributed by atoms with E-state index in [1.165, 1.54) is 0 Å². The predicted octanol–water partition coefficient (Wildman–Crippen LogP) is 7.14. The zero-order valence-electron chi connectivity index (χ0n) is 22.6. The van der Waals surface area contributed by atoms with Gasteiger partial charge in [-0.3, -0.25) is 9.88 Å². The fraction of sp³-hybridized carbons (Fsp3) is 0.400. The van der Waals surface area contributed by atoms with E-state index in [2.05, 4.69) is 27.3 Å². The number of carbonyl (C=O) groups is 1. The molecule has 1 fully saturated rings. The molecule has 0 bridgehead atoms. The van der Waals surface area contributed by atoms with Gasteiger partial charge in [-0.2, -0.15) is 0 Å². The van der Waals surface area contributed by atoms with Crippen LogP contribution in [-0.2, 0) is 22.4 Å². The summed E-state index contributed by atoms with van der Waals surface area (Å²) < 4.78 is 17.0. The average molecular weight is 573 g/mol. The highest BCUT2D eigenvalue weighted by atomic mass is 35.5. The van der Waals surface area contributed by atoms with E-state index >= 15 is 0 Å². The van der Waals surface area contributed by atoms with Gasteiger partial charge in [-0.25, -0.2) is 4.79 Å². The number of morpholine rings is 1. The molecule has 4 rings (SSSR count). The van der Waals surface area contributed by atoms with Gasteiger partial charge >= 0.3 is 6.09 Å². The van der Waals surface area contributed by atoms with Gasteiger partial charge in [0.1, 0.15) is 17.1 Å². The first-order chi connectivity index (χ1) is 18.6. The normalized spacial score (nSPS) is 14.2. The topological polar surface area (TPSA) is 72.9 Å². The number of benzene rings is 2. The van der Waals surface area contributed by atoms with Crippen molar-refractivity contribution in [3.63, 3.8) is 0 Å². The number of nitrogens with zero attached hydrogens (tertiary/aromatic N) is 2. The zero-order valence-corrected chi connectivity index (χ0v) is 24.1. The Kier molecular flexibility index (Phi) is 10.1. The Hall–Kier alpha value is -2.84. The van der Waals surface area contributed by atoms with Crippen LogP contribution in [0.15, 0.2) is 54.7 Å². The summed E-state index contributed by atoms with van der Waals surface area (Å²) in [4.78, 5) is 18.7. The van der Waals surface area contributed by atoms with Crippen LogP contribution in [0.25, 0.3) is 11.1 Å². The van der Waals surface area contributed by atoms with Crippen LogP contribution >= 0.6 is 23.2 Å². The molecule has 0 aliphatic carbocycles. The van der Waals surface area contributed by atoms with E-state index in [0.717, 1.165) is 68.1 Å². The molecule has 0 atom stereocenters. The summed E-state index contributed by atoms with van der Waals surface area (Å²) in [6, 6.07) is 15.6. The molecule has 1 amide bonds.